The van der Waals surface area contributed by atoms with E-state index < -0.39 is 65.7 Å². The van der Waals surface area contributed by atoms with E-state index in [2.05, 4.69) is 5.32 Å². The van der Waals surface area contributed by atoms with Gasteiger partial charge in [0.1, 0.15) is 17.9 Å². The van der Waals surface area contributed by atoms with Gasteiger partial charge in [0.25, 0.3) is 17.7 Å². The number of alkyl halides is 2. The Hall–Kier alpha value is -4.26. The number of fused-ring (bicyclic) bond motifs is 1. The fourth-order valence-electron chi connectivity index (χ4n) is 4.35. The van der Waals surface area contributed by atoms with Crippen molar-refractivity contribution in [1.29, 1.82) is 0 Å². The van der Waals surface area contributed by atoms with E-state index in [-0.39, 0.29) is 25.9 Å². The van der Waals surface area contributed by atoms with E-state index in [1.54, 1.807) is 6.07 Å². The van der Waals surface area contributed by atoms with Crippen LogP contribution in [0.2, 0.25) is 0 Å². The predicted molar refractivity (Wildman–Crippen MR) is 128 cm³/mol. The zero-order valence-corrected chi connectivity index (χ0v) is 20.8. The average Bonchev–Trinajstić information content (AvgIpc) is 3.22. The van der Waals surface area contributed by atoms with Crippen molar-refractivity contribution in [2.75, 3.05) is 6.73 Å². The summed E-state index contributed by atoms with van der Waals surface area (Å²) in [5.74, 6) is -8.67. The highest BCUT2D eigenvalue weighted by Gasteiger charge is 2.43. The summed E-state index contributed by atoms with van der Waals surface area (Å²) in [7, 11) is 0. The molecule has 206 valence electrons. The number of hydrogen-bond donors (Lipinski definition) is 2. The molecular formula is C26H25F3N4O6. The number of carbonyl (C=O) groups excluding carboxylic acids is 5. The number of likely N-dealkylation sites (tertiary alicyclic amines) is 1. The molecule has 0 saturated carbocycles. The van der Waals surface area contributed by atoms with Gasteiger partial charge in [0.05, 0.1) is 0 Å². The number of carbonyl (C=O) groups is 5. The van der Waals surface area contributed by atoms with Crippen molar-refractivity contribution in [2.45, 2.75) is 50.9 Å². The van der Waals surface area contributed by atoms with Crippen LogP contribution in [0.4, 0.5) is 13.2 Å². The van der Waals surface area contributed by atoms with Crippen molar-refractivity contribution in [3.8, 4) is 0 Å². The number of hydrogen-bond acceptors (Lipinski definition) is 7. The second-order valence-corrected chi connectivity index (χ2v) is 9.28. The maximum Gasteiger partial charge on any atom is 0.349 e. The summed E-state index contributed by atoms with van der Waals surface area (Å²) in [6, 6.07) is 5.92. The van der Waals surface area contributed by atoms with Crippen molar-refractivity contribution in [3.63, 3.8) is 0 Å². The van der Waals surface area contributed by atoms with Gasteiger partial charge in [-0.2, -0.15) is 8.78 Å². The first-order valence-corrected chi connectivity index (χ1v) is 12.0. The standard InChI is InChI=1S/C26H25F3N4O6/c1-14(30)24(37)39-13-33-21(34)9-8-20(23(33)36)32-12-16-10-15(2-7-19(16)22(32)35)11-31-25(38)26(28,29)17-3-5-18(27)6-4-17/h2-7,10,14,20H,8-9,11-13,30H2,1H3,(H,31,38). The molecule has 0 spiro atoms. The summed E-state index contributed by atoms with van der Waals surface area (Å²) in [6.07, 6.45) is 0.0301. The monoisotopic (exact) mass is 546 g/mol. The zero-order valence-electron chi connectivity index (χ0n) is 20.8. The van der Waals surface area contributed by atoms with E-state index in [0.717, 1.165) is 29.2 Å². The highest BCUT2D eigenvalue weighted by molar-refractivity contribution is 6.05. The first kappa shape index (κ1) is 27.8. The van der Waals surface area contributed by atoms with Gasteiger partial charge in [-0.1, -0.05) is 12.1 Å². The molecule has 0 radical (unpaired) electrons. The average molecular weight is 547 g/mol. The number of piperidine rings is 1. The summed E-state index contributed by atoms with van der Waals surface area (Å²) in [6.45, 7) is 0.518. The minimum absolute atomic E-state index is 0.0136. The smallest absolute Gasteiger partial charge is 0.349 e. The lowest BCUT2D eigenvalue weighted by atomic mass is 10.0. The number of rotatable bonds is 8. The van der Waals surface area contributed by atoms with Crippen LogP contribution in [0.5, 0.6) is 0 Å². The molecule has 1 fully saturated rings. The lowest BCUT2D eigenvalue weighted by molar-refractivity contribution is -0.164. The van der Waals surface area contributed by atoms with Gasteiger partial charge in [0.2, 0.25) is 5.91 Å². The van der Waals surface area contributed by atoms with Gasteiger partial charge in [-0.15, -0.1) is 0 Å². The van der Waals surface area contributed by atoms with Gasteiger partial charge < -0.3 is 20.7 Å². The summed E-state index contributed by atoms with van der Waals surface area (Å²) < 4.78 is 46.9. The molecule has 13 heteroatoms. The van der Waals surface area contributed by atoms with Crippen LogP contribution in [0.25, 0.3) is 0 Å². The minimum Gasteiger partial charge on any atom is -0.443 e. The van der Waals surface area contributed by atoms with Crippen LogP contribution in [0.15, 0.2) is 42.5 Å². The van der Waals surface area contributed by atoms with Crippen LogP contribution in [0.3, 0.4) is 0 Å². The Labute approximate surface area is 220 Å². The van der Waals surface area contributed by atoms with Crippen molar-refractivity contribution < 1.29 is 41.9 Å². The topological polar surface area (TPSA) is 139 Å². The summed E-state index contributed by atoms with van der Waals surface area (Å²) in [5, 5.41) is 2.15. The zero-order chi connectivity index (χ0) is 28.5. The summed E-state index contributed by atoms with van der Waals surface area (Å²) in [5.41, 5.74) is 6.01. The number of nitrogens with one attached hydrogen (secondary N) is 1. The SMILES string of the molecule is CC(N)C(=O)OCN1C(=O)CCC(N2Cc3cc(CNC(=O)C(F)(F)c4ccc(F)cc4)ccc3C2=O)C1=O. The van der Waals surface area contributed by atoms with Gasteiger partial charge >= 0.3 is 11.9 Å². The Kier molecular flexibility index (Phi) is 7.72. The van der Waals surface area contributed by atoms with E-state index in [9.17, 15) is 37.1 Å². The van der Waals surface area contributed by atoms with Gasteiger partial charge in [-0.05, 0) is 54.8 Å². The molecule has 4 amide bonds. The molecule has 3 N–H and O–H groups in total. The Morgan fingerprint density at radius 1 is 1.15 bits per heavy atom. The third-order valence-corrected chi connectivity index (χ3v) is 6.51. The molecule has 2 aromatic carbocycles. The number of esters is 1. The molecule has 4 rings (SSSR count). The van der Waals surface area contributed by atoms with Gasteiger partial charge in [0.15, 0.2) is 6.73 Å². The lowest BCUT2D eigenvalue weighted by Crippen LogP contribution is -2.55. The quantitative estimate of drug-likeness (QED) is 0.378. The maximum absolute atomic E-state index is 14.5. The fourth-order valence-corrected chi connectivity index (χ4v) is 4.35. The van der Waals surface area contributed by atoms with Gasteiger partial charge in [-0.3, -0.25) is 24.0 Å². The molecule has 2 aliphatic heterocycles. The molecule has 2 heterocycles. The number of imide groups is 1. The van der Waals surface area contributed by atoms with Crippen LogP contribution < -0.4 is 11.1 Å². The van der Waals surface area contributed by atoms with Crippen LogP contribution >= 0.6 is 0 Å². The van der Waals surface area contributed by atoms with Crippen LogP contribution in [-0.2, 0) is 42.9 Å². The van der Waals surface area contributed by atoms with Crippen molar-refractivity contribution in [1.82, 2.24) is 15.1 Å². The Balaban J connectivity index is 1.41. The van der Waals surface area contributed by atoms with Crippen LogP contribution in [0.1, 0.15) is 46.8 Å². The third-order valence-electron chi connectivity index (χ3n) is 6.51. The molecule has 1 saturated heterocycles. The molecule has 2 atom stereocenters. The second kappa shape index (κ2) is 10.8. The molecule has 2 unspecified atom stereocenters. The Morgan fingerprint density at radius 2 is 1.85 bits per heavy atom. The number of nitrogens with zero attached hydrogens (tertiary/aromatic N) is 2. The van der Waals surface area contributed by atoms with E-state index in [1.807, 2.05) is 0 Å². The van der Waals surface area contributed by atoms with Crippen molar-refractivity contribution in [2.24, 2.45) is 5.73 Å². The summed E-state index contributed by atoms with van der Waals surface area (Å²) >= 11 is 0. The number of benzene rings is 2. The molecule has 2 aromatic rings. The van der Waals surface area contributed by atoms with Crippen LogP contribution in [0, 0.1) is 5.82 Å². The first-order valence-electron chi connectivity index (χ1n) is 12.0. The van der Waals surface area contributed by atoms with E-state index in [4.69, 9.17) is 10.5 Å². The highest BCUT2D eigenvalue weighted by Crippen LogP contribution is 2.31. The van der Waals surface area contributed by atoms with E-state index in [0.29, 0.717) is 16.7 Å². The molecule has 0 aliphatic carbocycles. The first-order chi connectivity index (χ1) is 18.4. The number of halogens is 3. The minimum atomic E-state index is -3.89. The highest BCUT2D eigenvalue weighted by atomic mass is 19.3. The number of ether oxygens (including phenoxy) is 1. The van der Waals surface area contributed by atoms with E-state index >= 15 is 0 Å². The lowest BCUT2D eigenvalue weighted by Gasteiger charge is -2.35. The number of amides is 4. The fraction of sp³-hybridized carbons (Fsp3) is 0.346. The Bertz CT molecular complexity index is 1330. The largest absolute Gasteiger partial charge is 0.443 e. The van der Waals surface area contributed by atoms with Crippen molar-refractivity contribution in [3.05, 3.63) is 70.5 Å². The number of nitrogens with two attached hydrogens (primary N) is 1. The van der Waals surface area contributed by atoms with E-state index in [1.165, 1.54) is 24.0 Å². The molecule has 10 nitrogen and oxygen atoms in total. The van der Waals surface area contributed by atoms with Gasteiger partial charge in [-0.25, -0.2) is 9.29 Å². The maximum atomic E-state index is 14.5. The van der Waals surface area contributed by atoms with Gasteiger partial charge in [0, 0.05) is 30.6 Å². The molecular weight excluding hydrogens is 521 g/mol. The molecule has 0 bridgehead atoms. The predicted octanol–water partition coefficient (Wildman–Crippen LogP) is 1.56. The molecule has 39 heavy (non-hydrogen) atoms. The van der Waals surface area contributed by atoms with Crippen LogP contribution in [-0.4, -0.2) is 58.2 Å². The third kappa shape index (κ3) is 5.62. The summed E-state index contributed by atoms with van der Waals surface area (Å²) in [4.78, 5) is 64.2. The molecule has 2 aliphatic rings. The normalized spacial score (nSPS) is 18.2. The Morgan fingerprint density at radius 3 is 2.51 bits per heavy atom. The van der Waals surface area contributed by atoms with Crippen molar-refractivity contribution >= 4 is 29.6 Å². The second-order valence-electron chi connectivity index (χ2n) is 9.28. The molecule has 0 aromatic heterocycles.